The molecule has 0 saturated heterocycles. The van der Waals surface area contributed by atoms with Crippen LogP contribution >= 0.6 is 0 Å². The molecule has 2 atom stereocenters. The Morgan fingerprint density at radius 1 is 1.00 bits per heavy atom. The molecule has 2 rings (SSSR count). The largest absolute Gasteiger partial charge is 0.459 e. The number of nitrogens with one attached hydrogen (secondary N) is 1. The van der Waals surface area contributed by atoms with E-state index < -0.39 is 29.8 Å². The number of carbonyl (C=O) groups is 2. The van der Waals surface area contributed by atoms with E-state index in [1.165, 1.54) is 0 Å². The van der Waals surface area contributed by atoms with E-state index >= 15 is 0 Å². The number of carbonyl (C=O) groups excluding carboxylic acids is 2. The quantitative estimate of drug-likeness (QED) is 0.714. The van der Waals surface area contributed by atoms with Crippen molar-refractivity contribution in [3.8, 4) is 0 Å². The minimum absolute atomic E-state index is 0.249. The van der Waals surface area contributed by atoms with Gasteiger partial charge in [-0.25, -0.2) is 9.59 Å². The average Bonchev–Trinajstić information content (AvgIpc) is 2.65. The highest BCUT2D eigenvalue weighted by Gasteiger charge is 2.26. The van der Waals surface area contributed by atoms with E-state index in [2.05, 4.69) is 5.32 Å². The maximum absolute atomic E-state index is 12.2. The molecule has 0 unspecified atom stereocenters. The maximum atomic E-state index is 12.2. The predicted molar refractivity (Wildman–Crippen MR) is 106 cm³/mol. The van der Waals surface area contributed by atoms with Gasteiger partial charge in [-0.2, -0.15) is 0 Å². The number of ether oxygens (including phenoxy) is 2. The molecule has 28 heavy (non-hydrogen) atoms. The molecule has 2 N–H and O–H groups in total. The van der Waals surface area contributed by atoms with Crippen molar-refractivity contribution in [2.45, 2.75) is 44.9 Å². The number of rotatable bonds is 7. The van der Waals surface area contributed by atoms with E-state index in [1.54, 1.807) is 51.1 Å². The predicted octanol–water partition coefficient (Wildman–Crippen LogP) is 3.34. The molecule has 0 radical (unpaired) electrons. The lowest BCUT2D eigenvalue weighted by Crippen LogP contribution is -2.48. The number of alkyl carbamates (subject to hydrolysis) is 1. The Hall–Kier alpha value is -2.86. The topological polar surface area (TPSA) is 84.9 Å². The third kappa shape index (κ3) is 7.40. The van der Waals surface area contributed by atoms with Crippen molar-refractivity contribution >= 4 is 12.1 Å². The number of hydrogen-bond acceptors (Lipinski definition) is 5. The lowest BCUT2D eigenvalue weighted by Gasteiger charge is -2.26. The Kier molecular flexibility index (Phi) is 7.58. The van der Waals surface area contributed by atoms with E-state index in [0.29, 0.717) is 12.0 Å². The molecule has 0 spiro atoms. The number of amides is 1. The second-order valence-electron chi connectivity index (χ2n) is 7.47. The monoisotopic (exact) mass is 385 g/mol. The minimum Gasteiger partial charge on any atom is -0.459 e. The molecule has 150 valence electrons. The number of hydrogen-bond donors (Lipinski definition) is 2. The Morgan fingerprint density at radius 3 is 2.14 bits per heavy atom. The van der Waals surface area contributed by atoms with Crippen molar-refractivity contribution < 1.29 is 24.2 Å². The first kappa shape index (κ1) is 21.4. The summed E-state index contributed by atoms with van der Waals surface area (Å²) in [6, 6.07) is 17.3. The fourth-order valence-electron chi connectivity index (χ4n) is 2.55. The fraction of sp³-hybridized carbons (Fsp3) is 0.364. The van der Waals surface area contributed by atoms with Gasteiger partial charge >= 0.3 is 12.1 Å². The van der Waals surface area contributed by atoms with E-state index in [-0.39, 0.29) is 6.61 Å². The number of aliphatic hydroxyl groups is 1. The zero-order valence-electron chi connectivity index (χ0n) is 16.4. The molecule has 6 nitrogen and oxygen atoms in total. The Labute approximate surface area is 165 Å². The molecule has 0 heterocycles. The summed E-state index contributed by atoms with van der Waals surface area (Å²) in [6.45, 7) is 5.03. The van der Waals surface area contributed by atoms with Crippen molar-refractivity contribution in [1.82, 2.24) is 5.32 Å². The third-order valence-electron chi connectivity index (χ3n) is 3.86. The summed E-state index contributed by atoms with van der Waals surface area (Å²) in [7, 11) is 0. The van der Waals surface area contributed by atoms with Crippen molar-refractivity contribution in [2.75, 3.05) is 6.61 Å². The Bertz CT molecular complexity index is 756. The number of benzene rings is 2. The first-order valence-electron chi connectivity index (χ1n) is 9.18. The van der Waals surface area contributed by atoms with Crippen molar-refractivity contribution in [2.24, 2.45) is 0 Å². The van der Waals surface area contributed by atoms with Gasteiger partial charge in [0.05, 0.1) is 11.6 Å². The highest BCUT2D eigenvalue weighted by molar-refractivity contribution is 5.89. The van der Waals surface area contributed by atoms with Crippen LogP contribution in [-0.2, 0) is 15.9 Å². The molecule has 0 aliphatic carbocycles. The second-order valence-corrected chi connectivity index (χ2v) is 7.47. The molecule has 0 fully saturated rings. The third-order valence-corrected chi connectivity index (χ3v) is 3.86. The molecule has 0 saturated carbocycles. The van der Waals surface area contributed by atoms with Gasteiger partial charge in [-0.1, -0.05) is 48.5 Å². The van der Waals surface area contributed by atoms with Gasteiger partial charge in [0, 0.05) is 0 Å². The van der Waals surface area contributed by atoms with Gasteiger partial charge < -0.3 is 19.9 Å². The molecule has 0 bridgehead atoms. The summed E-state index contributed by atoms with van der Waals surface area (Å²) in [5.41, 5.74) is 0.665. The van der Waals surface area contributed by atoms with E-state index in [4.69, 9.17) is 9.47 Å². The van der Waals surface area contributed by atoms with Gasteiger partial charge in [0.1, 0.15) is 18.3 Å². The normalized spacial score (nSPS) is 13.3. The van der Waals surface area contributed by atoms with Gasteiger partial charge in [0.25, 0.3) is 0 Å². The minimum atomic E-state index is -1.10. The molecule has 0 aromatic heterocycles. The van der Waals surface area contributed by atoms with E-state index in [1.807, 2.05) is 30.3 Å². The molecule has 1 amide bonds. The van der Waals surface area contributed by atoms with Crippen LogP contribution in [-0.4, -0.2) is 41.5 Å². The van der Waals surface area contributed by atoms with E-state index in [0.717, 1.165) is 5.56 Å². The summed E-state index contributed by atoms with van der Waals surface area (Å²) in [6.07, 6.45) is -1.37. The molecule has 0 aliphatic heterocycles. The maximum Gasteiger partial charge on any atom is 0.407 e. The van der Waals surface area contributed by atoms with Gasteiger partial charge in [-0.15, -0.1) is 0 Å². The number of esters is 1. The standard InChI is InChI=1S/C22H27NO5/c1-22(2,3)28-21(26)23-18(14-16-10-6-4-7-11-16)19(24)15-27-20(25)17-12-8-5-9-13-17/h4-13,18-19,24H,14-15H2,1-3H3,(H,23,26)/t18-,19+/m0/s1. The first-order chi connectivity index (χ1) is 13.2. The Balaban J connectivity index is 2.02. The van der Waals surface area contributed by atoms with Crippen LogP contribution in [0, 0.1) is 0 Å². The fourth-order valence-corrected chi connectivity index (χ4v) is 2.55. The Morgan fingerprint density at radius 2 is 1.57 bits per heavy atom. The van der Waals surface area contributed by atoms with Crippen LogP contribution in [0.1, 0.15) is 36.7 Å². The summed E-state index contributed by atoms with van der Waals surface area (Å²) in [5, 5.41) is 13.2. The van der Waals surface area contributed by atoms with Crippen LogP contribution in [0.4, 0.5) is 4.79 Å². The average molecular weight is 385 g/mol. The zero-order chi connectivity index (χ0) is 20.6. The molecule has 2 aromatic carbocycles. The summed E-state index contributed by atoms with van der Waals surface area (Å²) in [4.78, 5) is 24.3. The molecular weight excluding hydrogens is 358 g/mol. The molecule has 0 aliphatic rings. The zero-order valence-corrected chi connectivity index (χ0v) is 16.4. The highest BCUT2D eigenvalue weighted by Crippen LogP contribution is 2.11. The van der Waals surface area contributed by atoms with Crippen molar-refractivity contribution in [1.29, 1.82) is 0 Å². The van der Waals surface area contributed by atoms with Gasteiger partial charge in [0.2, 0.25) is 0 Å². The smallest absolute Gasteiger partial charge is 0.407 e. The van der Waals surface area contributed by atoms with Crippen LogP contribution in [0.5, 0.6) is 0 Å². The molecular formula is C22H27NO5. The van der Waals surface area contributed by atoms with Crippen LogP contribution < -0.4 is 5.32 Å². The SMILES string of the molecule is CC(C)(C)OC(=O)N[C@@H](Cc1ccccc1)[C@H](O)COC(=O)c1ccccc1. The first-order valence-corrected chi connectivity index (χ1v) is 9.18. The molecule has 6 heteroatoms. The summed E-state index contributed by atoms with van der Waals surface area (Å²) >= 11 is 0. The van der Waals surface area contributed by atoms with Crippen molar-refractivity contribution in [3.63, 3.8) is 0 Å². The van der Waals surface area contributed by atoms with Crippen molar-refractivity contribution in [3.05, 3.63) is 71.8 Å². The lowest BCUT2D eigenvalue weighted by atomic mass is 10.0. The van der Waals surface area contributed by atoms with Crippen LogP contribution in [0.25, 0.3) is 0 Å². The summed E-state index contributed by atoms with van der Waals surface area (Å²) in [5.74, 6) is -0.532. The van der Waals surface area contributed by atoms with Gasteiger partial charge in [-0.05, 0) is 44.9 Å². The van der Waals surface area contributed by atoms with Crippen LogP contribution in [0.15, 0.2) is 60.7 Å². The number of aliphatic hydroxyl groups excluding tert-OH is 1. The second kappa shape index (κ2) is 9.90. The highest BCUT2D eigenvalue weighted by atomic mass is 16.6. The van der Waals surface area contributed by atoms with Gasteiger partial charge in [-0.3, -0.25) is 0 Å². The van der Waals surface area contributed by atoms with Crippen LogP contribution in [0.3, 0.4) is 0 Å². The molecule has 2 aromatic rings. The summed E-state index contributed by atoms with van der Waals surface area (Å²) < 4.78 is 10.5. The van der Waals surface area contributed by atoms with Crippen LogP contribution in [0.2, 0.25) is 0 Å². The van der Waals surface area contributed by atoms with Gasteiger partial charge in [0.15, 0.2) is 0 Å². The van der Waals surface area contributed by atoms with E-state index in [9.17, 15) is 14.7 Å². The lowest BCUT2D eigenvalue weighted by molar-refractivity contribution is 0.0107.